The first-order chi connectivity index (χ1) is 13.7. The molecule has 28 heavy (non-hydrogen) atoms. The van der Waals surface area contributed by atoms with Crippen LogP contribution >= 0.6 is 0 Å². The topological polar surface area (TPSA) is 59.8 Å². The van der Waals surface area contributed by atoms with Crippen LogP contribution in [0.2, 0.25) is 0 Å². The van der Waals surface area contributed by atoms with E-state index < -0.39 is 0 Å². The smallest absolute Gasteiger partial charge is 0.224 e. The number of anilines is 1. The standard InChI is InChI=1S/C22H19FN4O/c23-16-7-4-8-17(15-16)25-21(28)13-5-12-20-26-19-11-6-14-24-22(19)27(20)18-9-2-1-3-10-18/h1-4,6-11,14-15H,5,12-13H2,(H,25,28). The van der Waals surface area contributed by atoms with E-state index in [4.69, 9.17) is 4.98 Å². The number of nitrogens with one attached hydrogen (secondary N) is 1. The van der Waals surface area contributed by atoms with Crippen molar-refractivity contribution in [2.24, 2.45) is 0 Å². The predicted octanol–water partition coefficient (Wildman–Crippen LogP) is 4.52. The number of rotatable bonds is 6. The lowest BCUT2D eigenvalue weighted by molar-refractivity contribution is -0.116. The molecule has 0 aliphatic rings. The van der Waals surface area contributed by atoms with E-state index in [2.05, 4.69) is 10.3 Å². The number of pyridine rings is 1. The van der Waals surface area contributed by atoms with Gasteiger partial charge < -0.3 is 5.32 Å². The third-order valence-electron chi connectivity index (χ3n) is 4.41. The summed E-state index contributed by atoms with van der Waals surface area (Å²) in [6.07, 6.45) is 3.32. The molecule has 1 amide bonds. The molecule has 6 heteroatoms. The Labute approximate surface area is 161 Å². The van der Waals surface area contributed by atoms with Gasteiger partial charge in [-0.1, -0.05) is 24.3 Å². The highest BCUT2D eigenvalue weighted by Gasteiger charge is 2.13. The van der Waals surface area contributed by atoms with Crippen LogP contribution in [0.1, 0.15) is 18.7 Å². The van der Waals surface area contributed by atoms with Crippen LogP contribution in [0.15, 0.2) is 72.9 Å². The molecule has 0 aliphatic carbocycles. The minimum absolute atomic E-state index is 0.147. The zero-order valence-corrected chi connectivity index (χ0v) is 15.2. The Hall–Kier alpha value is -3.54. The molecule has 0 saturated carbocycles. The van der Waals surface area contributed by atoms with Crippen LogP contribution in [0, 0.1) is 5.82 Å². The summed E-state index contributed by atoms with van der Waals surface area (Å²) in [7, 11) is 0. The number of halogens is 1. The van der Waals surface area contributed by atoms with Gasteiger partial charge in [0, 0.05) is 30.4 Å². The predicted molar refractivity (Wildman–Crippen MR) is 107 cm³/mol. The molecule has 2 aromatic carbocycles. The third-order valence-corrected chi connectivity index (χ3v) is 4.41. The van der Waals surface area contributed by atoms with E-state index in [1.165, 1.54) is 12.1 Å². The second-order valence-corrected chi connectivity index (χ2v) is 6.46. The van der Waals surface area contributed by atoms with Gasteiger partial charge in [-0.05, 0) is 48.9 Å². The Balaban J connectivity index is 1.48. The van der Waals surface area contributed by atoms with Gasteiger partial charge in [0.25, 0.3) is 0 Å². The van der Waals surface area contributed by atoms with Gasteiger partial charge in [0.2, 0.25) is 5.91 Å². The molecule has 140 valence electrons. The van der Waals surface area contributed by atoms with E-state index in [9.17, 15) is 9.18 Å². The van der Waals surface area contributed by atoms with E-state index in [1.807, 2.05) is 47.0 Å². The lowest BCUT2D eigenvalue weighted by Crippen LogP contribution is -2.12. The molecule has 2 heterocycles. The highest BCUT2D eigenvalue weighted by Crippen LogP contribution is 2.21. The maximum absolute atomic E-state index is 13.2. The minimum Gasteiger partial charge on any atom is -0.326 e. The van der Waals surface area contributed by atoms with Crippen LogP contribution < -0.4 is 5.32 Å². The van der Waals surface area contributed by atoms with Crippen molar-refractivity contribution < 1.29 is 9.18 Å². The van der Waals surface area contributed by atoms with Crippen molar-refractivity contribution in [1.29, 1.82) is 0 Å². The summed E-state index contributed by atoms with van der Waals surface area (Å²) >= 11 is 0. The molecule has 4 rings (SSSR count). The number of aromatic nitrogens is 3. The van der Waals surface area contributed by atoms with E-state index in [0.29, 0.717) is 24.9 Å². The molecule has 0 saturated heterocycles. The number of hydrogen-bond donors (Lipinski definition) is 1. The number of imidazole rings is 1. The fraction of sp³-hybridized carbons (Fsp3) is 0.136. The molecule has 0 bridgehead atoms. The number of carbonyl (C=O) groups is 1. The minimum atomic E-state index is -0.373. The summed E-state index contributed by atoms with van der Waals surface area (Å²) in [5.74, 6) is 0.339. The molecule has 0 unspecified atom stereocenters. The molecule has 0 spiro atoms. The van der Waals surface area contributed by atoms with Crippen LogP contribution in [0.4, 0.5) is 10.1 Å². The van der Waals surface area contributed by atoms with Crippen molar-refractivity contribution in [3.63, 3.8) is 0 Å². The first kappa shape index (κ1) is 17.9. The van der Waals surface area contributed by atoms with Crippen LogP contribution in [-0.2, 0) is 11.2 Å². The average molecular weight is 374 g/mol. The maximum atomic E-state index is 13.2. The fourth-order valence-corrected chi connectivity index (χ4v) is 3.17. The van der Waals surface area contributed by atoms with Crippen molar-refractivity contribution in [3.8, 4) is 5.69 Å². The second-order valence-electron chi connectivity index (χ2n) is 6.46. The Bertz CT molecular complexity index is 1110. The van der Waals surface area contributed by atoms with Gasteiger partial charge in [0.1, 0.15) is 17.2 Å². The van der Waals surface area contributed by atoms with E-state index in [0.717, 1.165) is 22.7 Å². The van der Waals surface area contributed by atoms with Crippen molar-refractivity contribution in [3.05, 3.63) is 84.6 Å². The zero-order valence-electron chi connectivity index (χ0n) is 15.2. The number of nitrogens with zero attached hydrogens (tertiary/aromatic N) is 3. The summed E-state index contributed by atoms with van der Waals surface area (Å²) in [6, 6.07) is 19.6. The molecule has 0 atom stereocenters. The first-order valence-corrected chi connectivity index (χ1v) is 9.14. The Morgan fingerprint density at radius 2 is 1.89 bits per heavy atom. The maximum Gasteiger partial charge on any atom is 0.224 e. The molecular weight excluding hydrogens is 355 g/mol. The zero-order chi connectivity index (χ0) is 19.3. The summed E-state index contributed by atoms with van der Waals surface area (Å²) in [5, 5.41) is 2.72. The fourth-order valence-electron chi connectivity index (χ4n) is 3.17. The van der Waals surface area contributed by atoms with Crippen molar-refractivity contribution in [2.75, 3.05) is 5.32 Å². The number of carbonyl (C=O) groups excluding carboxylic acids is 1. The Kier molecular flexibility index (Phi) is 5.10. The van der Waals surface area contributed by atoms with Gasteiger partial charge >= 0.3 is 0 Å². The number of hydrogen-bond acceptors (Lipinski definition) is 3. The van der Waals surface area contributed by atoms with Crippen LogP contribution in [0.5, 0.6) is 0 Å². The van der Waals surface area contributed by atoms with Gasteiger partial charge in [0.15, 0.2) is 5.65 Å². The van der Waals surface area contributed by atoms with Gasteiger partial charge in [-0.25, -0.2) is 14.4 Å². The largest absolute Gasteiger partial charge is 0.326 e. The van der Waals surface area contributed by atoms with E-state index >= 15 is 0 Å². The van der Waals surface area contributed by atoms with Crippen LogP contribution in [0.3, 0.4) is 0 Å². The number of aryl methyl sites for hydroxylation is 1. The second kappa shape index (κ2) is 8.00. The highest BCUT2D eigenvalue weighted by molar-refractivity contribution is 5.90. The van der Waals surface area contributed by atoms with Crippen molar-refractivity contribution >= 4 is 22.8 Å². The summed E-state index contributed by atoms with van der Waals surface area (Å²) in [4.78, 5) is 21.3. The van der Waals surface area contributed by atoms with Gasteiger partial charge in [-0.2, -0.15) is 0 Å². The highest BCUT2D eigenvalue weighted by atomic mass is 19.1. The SMILES string of the molecule is O=C(CCCc1nc2cccnc2n1-c1ccccc1)Nc1cccc(F)c1. The third kappa shape index (κ3) is 3.91. The molecule has 0 fully saturated rings. The normalized spacial score (nSPS) is 10.9. The van der Waals surface area contributed by atoms with E-state index in [-0.39, 0.29) is 11.7 Å². The number of para-hydroxylation sites is 1. The molecule has 0 radical (unpaired) electrons. The van der Waals surface area contributed by atoms with Crippen molar-refractivity contribution in [1.82, 2.24) is 14.5 Å². The molecule has 5 nitrogen and oxygen atoms in total. The summed E-state index contributed by atoms with van der Waals surface area (Å²) in [5.41, 5.74) is 3.08. The monoisotopic (exact) mass is 374 g/mol. The van der Waals surface area contributed by atoms with E-state index in [1.54, 1.807) is 18.3 Å². The van der Waals surface area contributed by atoms with Gasteiger partial charge in [-0.3, -0.25) is 9.36 Å². The molecule has 0 aliphatic heterocycles. The Morgan fingerprint density at radius 3 is 2.71 bits per heavy atom. The number of fused-ring (bicyclic) bond motifs is 1. The number of amides is 1. The summed E-state index contributed by atoms with van der Waals surface area (Å²) in [6.45, 7) is 0. The first-order valence-electron chi connectivity index (χ1n) is 9.14. The molecule has 4 aromatic rings. The Morgan fingerprint density at radius 1 is 1.04 bits per heavy atom. The average Bonchev–Trinajstić information content (AvgIpc) is 3.07. The van der Waals surface area contributed by atoms with Gasteiger partial charge in [-0.15, -0.1) is 0 Å². The lowest BCUT2D eigenvalue weighted by atomic mass is 10.2. The number of benzene rings is 2. The van der Waals surface area contributed by atoms with Crippen LogP contribution in [-0.4, -0.2) is 20.4 Å². The van der Waals surface area contributed by atoms with Crippen LogP contribution in [0.25, 0.3) is 16.9 Å². The molecular formula is C22H19FN4O. The lowest BCUT2D eigenvalue weighted by Gasteiger charge is -2.09. The van der Waals surface area contributed by atoms with Crippen molar-refractivity contribution in [2.45, 2.75) is 19.3 Å². The summed E-state index contributed by atoms with van der Waals surface area (Å²) < 4.78 is 15.3. The molecule has 1 N–H and O–H groups in total. The quantitative estimate of drug-likeness (QED) is 0.540. The molecule has 2 aromatic heterocycles. The van der Waals surface area contributed by atoms with Gasteiger partial charge in [0.05, 0.1) is 0 Å².